The highest BCUT2D eigenvalue weighted by atomic mass is 16.5. The van der Waals surface area contributed by atoms with Gasteiger partial charge in [-0.2, -0.15) is 0 Å². The zero-order chi connectivity index (χ0) is 14.1. The van der Waals surface area contributed by atoms with Crippen LogP contribution in [0.15, 0.2) is 40.8 Å². The first-order valence-corrected chi connectivity index (χ1v) is 6.68. The summed E-state index contributed by atoms with van der Waals surface area (Å²) >= 11 is 0. The van der Waals surface area contributed by atoms with Crippen LogP contribution in [0.3, 0.4) is 0 Å². The van der Waals surface area contributed by atoms with Crippen molar-refractivity contribution in [2.45, 2.75) is 26.0 Å². The van der Waals surface area contributed by atoms with Crippen molar-refractivity contribution in [1.82, 2.24) is 4.90 Å². The first-order chi connectivity index (χ1) is 9.63. The van der Waals surface area contributed by atoms with E-state index in [4.69, 9.17) is 9.15 Å². The van der Waals surface area contributed by atoms with E-state index in [1.165, 1.54) is 0 Å². The molecule has 20 heavy (non-hydrogen) atoms. The fourth-order valence-corrected chi connectivity index (χ4v) is 2.45. The van der Waals surface area contributed by atoms with Crippen molar-refractivity contribution in [3.63, 3.8) is 0 Å². The molecule has 1 aliphatic rings. The molecule has 1 aromatic carbocycles. The van der Waals surface area contributed by atoms with Gasteiger partial charge in [0.25, 0.3) is 5.91 Å². The number of rotatable bonds is 3. The molecule has 4 nitrogen and oxygen atoms in total. The third-order valence-corrected chi connectivity index (χ3v) is 3.49. The first kappa shape index (κ1) is 12.8. The van der Waals surface area contributed by atoms with Gasteiger partial charge in [-0.05, 0) is 30.7 Å². The first-order valence-electron chi connectivity index (χ1n) is 6.68. The Bertz CT molecular complexity index is 607. The number of furan rings is 1. The molecule has 0 saturated carbocycles. The van der Waals surface area contributed by atoms with Crippen LogP contribution in [0.4, 0.5) is 0 Å². The number of carbonyl (C=O) groups excluding carboxylic acids is 1. The number of likely N-dealkylation sites (N-methyl/N-ethyl adjacent to an activating group) is 1. The molecule has 104 valence electrons. The molecule has 4 heteroatoms. The highest BCUT2D eigenvalue weighted by Gasteiger charge is 2.31. The van der Waals surface area contributed by atoms with E-state index in [1.54, 1.807) is 11.9 Å². The quantitative estimate of drug-likeness (QED) is 0.861. The number of nitrogens with zero attached hydrogens (tertiary/aromatic N) is 1. The minimum Gasteiger partial charge on any atom is -0.480 e. The van der Waals surface area contributed by atoms with Crippen molar-refractivity contribution in [3.05, 3.63) is 53.5 Å². The van der Waals surface area contributed by atoms with Gasteiger partial charge in [0.05, 0.1) is 6.54 Å². The lowest BCUT2D eigenvalue weighted by molar-refractivity contribution is -0.137. The maximum atomic E-state index is 12.4. The molecule has 3 rings (SSSR count). The lowest BCUT2D eigenvalue weighted by atomic mass is 10.1. The van der Waals surface area contributed by atoms with E-state index < -0.39 is 6.10 Å². The molecular formula is C16H17NO3. The number of hydrogen-bond acceptors (Lipinski definition) is 3. The molecule has 1 aliphatic heterocycles. The standard InChI is InChI=1S/C16H17NO3/c1-11-7-8-13(19-11)10-17(2)16(18)15-9-12-5-3-4-6-14(12)20-15/h3-8,15H,9-10H2,1-2H3. The Kier molecular flexibility index (Phi) is 3.22. The summed E-state index contributed by atoms with van der Waals surface area (Å²) in [4.78, 5) is 14.0. The maximum absolute atomic E-state index is 12.4. The van der Waals surface area contributed by atoms with Crippen LogP contribution in [0.25, 0.3) is 0 Å². The van der Waals surface area contributed by atoms with Gasteiger partial charge in [0, 0.05) is 13.5 Å². The molecule has 1 unspecified atom stereocenters. The summed E-state index contributed by atoms with van der Waals surface area (Å²) in [7, 11) is 1.77. The Hall–Kier alpha value is -2.23. The zero-order valence-electron chi connectivity index (χ0n) is 11.6. The summed E-state index contributed by atoms with van der Waals surface area (Å²) in [6, 6.07) is 11.6. The summed E-state index contributed by atoms with van der Waals surface area (Å²) in [5, 5.41) is 0. The smallest absolute Gasteiger partial charge is 0.264 e. The van der Waals surface area contributed by atoms with Crippen molar-refractivity contribution in [2.24, 2.45) is 0 Å². The lowest BCUT2D eigenvalue weighted by Gasteiger charge is -2.19. The lowest BCUT2D eigenvalue weighted by Crippen LogP contribution is -2.38. The maximum Gasteiger partial charge on any atom is 0.264 e. The number of hydrogen-bond donors (Lipinski definition) is 0. The molecule has 1 amide bonds. The van der Waals surface area contributed by atoms with Gasteiger partial charge in [-0.1, -0.05) is 18.2 Å². The van der Waals surface area contributed by atoms with Crippen LogP contribution in [0.5, 0.6) is 5.75 Å². The molecule has 0 aliphatic carbocycles. The van der Waals surface area contributed by atoms with E-state index >= 15 is 0 Å². The Morgan fingerprint density at radius 2 is 2.10 bits per heavy atom. The highest BCUT2D eigenvalue weighted by Crippen LogP contribution is 2.29. The molecule has 1 atom stereocenters. The van der Waals surface area contributed by atoms with E-state index in [0.717, 1.165) is 22.8 Å². The average Bonchev–Trinajstić information content (AvgIpc) is 3.03. The fraction of sp³-hybridized carbons (Fsp3) is 0.312. The fourth-order valence-electron chi connectivity index (χ4n) is 2.45. The minimum absolute atomic E-state index is 0.0183. The normalized spacial score (nSPS) is 16.6. The van der Waals surface area contributed by atoms with E-state index in [1.807, 2.05) is 43.3 Å². The molecule has 0 saturated heterocycles. The molecule has 0 fully saturated rings. The molecule has 2 aromatic rings. The predicted octanol–water partition coefficient (Wildman–Crippen LogP) is 2.55. The number of benzene rings is 1. The van der Waals surface area contributed by atoms with Crippen LogP contribution >= 0.6 is 0 Å². The van der Waals surface area contributed by atoms with Crippen LogP contribution in [0, 0.1) is 6.92 Å². The molecular weight excluding hydrogens is 254 g/mol. The molecule has 0 N–H and O–H groups in total. The van der Waals surface area contributed by atoms with Crippen LogP contribution in [-0.2, 0) is 17.8 Å². The topological polar surface area (TPSA) is 42.7 Å². The summed E-state index contributed by atoms with van der Waals surface area (Å²) in [5.74, 6) is 2.43. The molecule has 2 heterocycles. The third-order valence-electron chi connectivity index (χ3n) is 3.49. The predicted molar refractivity (Wildman–Crippen MR) is 74.5 cm³/mol. The van der Waals surface area contributed by atoms with Gasteiger partial charge in [-0.15, -0.1) is 0 Å². The van der Waals surface area contributed by atoms with Crippen LogP contribution in [0.2, 0.25) is 0 Å². The van der Waals surface area contributed by atoms with E-state index in [0.29, 0.717) is 13.0 Å². The van der Waals surface area contributed by atoms with Gasteiger partial charge >= 0.3 is 0 Å². The Morgan fingerprint density at radius 1 is 1.30 bits per heavy atom. The monoisotopic (exact) mass is 271 g/mol. The van der Waals surface area contributed by atoms with E-state index in [9.17, 15) is 4.79 Å². The van der Waals surface area contributed by atoms with Crippen LogP contribution < -0.4 is 4.74 Å². The summed E-state index contributed by atoms with van der Waals surface area (Å²) < 4.78 is 11.2. The molecule has 1 aromatic heterocycles. The number of fused-ring (bicyclic) bond motifs is 1. The largest absolute Gasteiger partial charge is 0.480 e. The van der Waals surface area contributed by atoms with Gasteiger partial charge in [-0.25, -0.2) is 0 Å². The summed E-state index contributed by atoms with van der Waals surface area (Å²) in [5.41, 5.74) is 1.09. The summed E-state index contributed by atoms with van der Waals surface area (Å²) in [6.07, 6.45) is 0.213. The van der Waals surface area contributed by atoms with Gasteiger partial charge in [0.2, 0.25) is 0 Å². The number of amides is 1. The number of carbonyl (C=O) groups is 1. The minimum atomic E-state index is -0.423. The van der Waals surface area contributed by atoms with Crippen molar-refractivity contribution in [2.75, 3.05) is 7.05 Å². The Morgan fingerprint density at radius 3 is 2.80 bits per heavy atom. The molecule has 0 bridgehead atoms. The van der Waals surface area contributed by atoms with Gasteiger partial charge in [0.1, 0.15) is 17.3 Å². The van der Waals surface area contributed by atoms with Crippen LogP contribution in [-0.4, -0.2) is 24.0 Å². The van der Waals surface area contributed by atoms with Gasteiger partial charge < -0.3 is 14.1 Å². The van der Waals surface area contributed by atoms with Crippen molar-refractivity contribution in [3.8, 4) is 5.75 Å². The number of ether oxygens (including phenoxy) is 1. The SMILES string of the molecule is Cc1ccc(CN(C)C(=O)C2Cc3ccccc3O2)o1. The van der Waals surface area contributed by atoms with E-state index in [2.05, 4.69) is 0 Å². The van der Waals surface area contributed by atoms with Crippen molar-refractivity contribution >= 4 is 5.91 Å². The Balaban J connectivity index is 1.65. The van der Waals surface area contributed by atoms with Crippen LogP contribution in [0.1, 0.15) is 17.1 Å². The van der Waals surface area contributed by atoms with Gasteiger partial charge in [-0.3, -0.25) is 4.79 Å². The van der Waals surface area contributed by atoms with Crippen molar-refractivity contribution < 1.29 is 13.9 Å². The van der Waals surface area contributed by atoms with Gasteiger partial charge in [0.15, 0.2) is 6.10 Å². The molecule has 0 radical (unpaired) electrons. The molecule has 0 spiro atoms. The average molecular weight is 271 g/mol. The van der Waals surface area contributed by atoms with Crippen molar-refractivity contribution in [1.29, 1.82) is 0 Å². The van der Waals surface area contributed by atoms with E-state index in [-0.39, 0.29) is 5.91 Å². The third kappa shape index (κ3) is 2.41. The number of para-hydroxylation sites is 1. The zero-order valence-corrected chi connectivity index (χ0v) is 11.6. The highest BCUT2D eigenvalue weighted by molar-refractivity contribution is 5.82. The second kappa shape index (κ2) is 5.04. The number of aryl methyl sites for hydroxylation is 1. The Labute approximate surface area is 118 Å². The second-order valence-corrected chi connectivity index (χ2v) is 5.12. The second-order valence-electron chi connectivity index (χ2n) is 5.12. The summed E-state index contributed by atoms with van der Waals surface area (Å²) in [6.45, 7) is 2.35.